The maximum Gasteiger partial charge on any atom is 0.256 e. The summed E-state index contributed by atoms with van der Waals surface area (Å²) in [5.41, 5.74) is -0.271. The van der Waals surface area contributed by atoms with Crippen LogP contribution < -0.4 is 5.32 Å². The number of nitrogens with one attached hydrogen (secondary N) is 1. The Balaban J connectivity index is 2.33. The molecule has 2 rings (SSSR count). The van der Waals surface area contributed by atoms with Gasteiger partial charge in [0.05, 0.1) is 5.56 Å². The van der Waals surface area contributed by atoms with Gasteiger partial charge in [-0.25, -0.2) is 8.78 Å². The molecule has 0 radical (unpaired) electrons. The summed E-state index contributed by atoms with van der Waals surface area (Å²) in [5.74, 6) is -2.35. The Morgan fingerprint density at radius 2 is 1.65 bits per heavy atom. The van der Waals surface area contributed by atoms with Gasteiger partial charge in [-0.3, -0.25) is 4.79 Å². The van der Waals surface area contributed by atoms with Crippen LogP contribution in [-0.4, -0.2) is 5.91 Å². The SMILES string of the molecule is O=C(Nc1c(F)cc(Br)cc1F)c1ccc(Br)cc1S. The average Bonchev–Trinajstić information content (AvgIpc) is 2.33. The number of amides is 1. The first-order chi connectivity index (χ1) is 9.38. The first-order valence-electron chi connectivity index (χ1n) is 5.33. The van der Waals surface area contributed by atoms with Crippen LogP contribution in [0.25, 0.3) is 0 Å². The molecule has 0 saturated heterocycles. The molecule has 104 valence electrons. The molecule has 1 amide bonds. The van der Waals surface area contributed by atoms with Gasteiger partial charge >= 0.3 is 0 Å². The van der Waals surface area contributed by atoms with E-state index in [1.165, 1.54) is 6.07 Å². The third-order valence-corrected chi connectivity index (χ3v) is 3.77. The molecule has 0 unspecified atom stereocenters. The van der Waals surface area contributed by atoms with E-state index in [4.69, 9.17) is 0 Å². The van der Waals surface area contributed by atoms with Crippen LogP contribution in [0.15, 0.2) is 44.2 Å². The van der Waals surface area contributed by atoms with Crippen LogP contribution in [0.5, 0.6) is 0 Å². The van der Waals surface area contributed by atoms with Gasteiger partial charge in [-0.1, -0.05) is 31.9 Å². The van der Waals surface area contributed by atoms with E-state index in [-0.39, 0.29) is 10.0 Å². The van der Waals surface area contributed by atoms with Crippen molar-refractivity contribution in [1.29, 1.82) is 0 Å². The Hall–Kier alpha value is -0.920. The summed E-state index contributed by atoms with van der Waals surface area (Å²) in [5, 5.41) is 2.21. The molecular weight excluding hydrogens is 416 g/mol. The van der Waals surface area contributed by atoms with E-state index >= 15 is 0 Å². The Labute approximate surface area is 136 Å². The second-order valence-corrected chi connectivity index (χ2v) is 6.17. The summed E-state index contributed by atoms with van der Waals surface area (Å²) in [6, 6.07) is 6.91. The molecule has 2 nitrogen and oxygen atoms in total. The molecule has 1 N–H and O–H groups in total. The Kier molecular flexibility index (Phi) is 4.82. The van der Waals surface area contributed by atoms with Crippen molar-refractivity contribution in [2.75, 3.05) is 5.32 Å². The molecule has 7 heteroatoms. The molecule has 0 aliphatic carbocycles. The van der Waals surface area contributed by atoms with Crippen molar-refractivity contribution in [1.82, 2.24) is 0 Å². The number of thiol groups is 1. The summed E-state index contributed by atoms with van der Waals surface area (Å²) >= 11 is 10.4. The van der Waals surface area contributed by atoms with Gasteiger partial charge in [-0.15, -0.1) is 12.6 Å². The summed E-state index contributed by atoms with van der Waals surface area (Å²) < 4.78 is 28.3. The molecule has 0 bridgehead atoms. The van der Waals surface area contributed by atoms with E-state index < -0.39 is 23.2 Å². The number of hydrogen-bond acceptors (Lipinski definition) is 2. The second-order valence-electron chi connectivity index (χ2n) is 3.86. The standard InChI is InChI=1S/C13H7Br2F2NOS/c14-6-1-2-8(11(20)5-6)13(19)18-12-9(16)3-7(15)4-10(12)17/h1-5,20H,(H,18,19). The largest absolute Gasteiger partial charge is 0.317 e. The number of rotatable bonds is 2. The zero-order valence-electron chi connectivity index (χ0n) is 9.75. The predicted molar refractivity (Wildman–Crippen MR) is 83.4 cm³/mol. The van der Waals surface area contributed by atoms with Crippen LogP contribution in [0.2, 0.25) is 0 Å². The maximum atomic E-state index is 13.6. The number of carbonyl (C=O) groups excluding carboxylic acids is 1. The molecule has 2 aromatic carbocycles. The quantitative estimate of drug-likeness (QED) is 0.653. The molecule has 0 atom stereocenters. The summed E-state index contributed by atoms with van der Waals surface area (Å²) in [6.45, 7) is 0. The monoisotopic (exact) mass is 421 g/mol. The fraction of sp³-hybridized carbons (Fsp3) is 0. The topological polar surface area (TPSA) is 29.1 Å². The van der Waals surface area contributed by atoms with Crippen molar-refractivity contribution in [2.45, 2.75) is 4.90 Å². The van der Waals surface area contributed by atoms with Crippen molar-refractivity contribution in [2.24, 2.45) is 0 Å². The number of anilines is 1. The fourth-order valence-electron chi connectivity index (χ4n) is 1.54. The number of benzene rings is 2. The minimum atomic E-state index is -0.858. The first-order valence-corrected chi connectivity index (χ1v) is 7.36. The van der Waals surface area contributed by atoms with E-state index in [2.05, 4.69) is 49.8 Å². The third kappa shape index (κ3) is 3.39. The van der Waals surface area contributed by atoms with Gasteiger partial charge in [-0.2, -0.15) is 0 Å². The normalized spacial score (nSPS) is 10.4. The molecule has 0 spiro atoms. The molecule has 0 heterocycles. The minimum Gasteiger partial charge on any atom is -0.317 e. The van der Waals surface area contributed by atoms with Gasteiger partial charge in [0.1, 0.15) is 5.69 Å². The van der Waals surface area contributed by atoms with Crippen molar-refractivity contribution >= 4 is 56.1 Å². The molecule has 0 saturated carbocycles. The Bertz CT molecular complexity index is 671. The zero-order valence-corrected chi connectivity index (χ0v) is 13.8. The average molecular weight is 423 g/mol. The summed E-state index contributed by atoms with van der Waals surface area (Å²) in [7, 11) is 0. The highest BCUT2D eigenvalue weighted by Gasteiger charge is 2.16. The zero-order chi connectivity index (χ0) is 14.9. The predicted octanol–water partition coefficient (Wildman–Crippen LogP) is 5.03. The maximum absolute atomic E-state index is 13.6. The smallest absolute Gasteiger partial charge is 0.256 e. The van der Waals surface area contributed by atoms with Crippen molar-refractivity contribution in [3.63, 3.8) is 0 Å². The lowest BCUT2D eigenvalue weighted by atomic mass is 10.2. The number of carbonyl (C=O) groups is 1. The van der Waals surface area contributed by atoms with Crippen molar-refractivity contribution < 1.29 is 13.6 Å². The van der Waals surface area contributed by atoms with E-state index in [0.29, 0.717) is 4.90 Å². The van der Waals surface area contributed by atoms with Crippen LogP contribution in [-0.2, 0) is 0 Å². The first kappa shape index (κ1) is 15.5. The molecule has 20 heavy (non-hydrogen) atoms. The van der Waals surface area contributed by atoms with Gasteiger partial charge in [0.25, 0.3) is 5.91 Å². The molecule has 0 aliphatic rings. The third-order valence-electron chi connectivity index (χ3n) is 2.45. The highest BCUT2D eigenvalue weighted by molar-refractivity contribution is 9.10. The van der Waals surface area contributed by atoms with Crippen LogP contribution >= 0.6 is 44.5 Å². The van der Waals surface area contributed by atoms with Gasteiger partial charge in [0.15, 0.2) is 11.6 Å². The van der Waals surface area contributed by atoms with E-state index in [1.807, 2.05) is 0 Å². The molecule has 2 aromatic rings. The van der Waals surface area contributed by atoms with E-state index in [0.717, 1.165) is 16.6 Å². The number of hydrogen-bond donors (Lipinski definition) is 2. The van der Waals surface area contributed by atoms with Crippen LogP contribution in [0.4, 0.5) is 14.5 Å². The summed E-state index contributed by atoms with van der Waals surface area (Å²) in [4.78, 5) is 12.4. The number of halogens is 4. The van der Waals surface area contributed by atoms with Crippen molar-refractivity contribution in [3.05, 3.63) is 56.5 Å². The van der Waals surface area contributed by atoms with Crippen molar-refractivity contribution in [3.8, 4) is 0 Å². The lowest BCUT2D eigenvalue weighted by Gasteiger charge is -2.09. The summed E-state index contributed by atoms with van der Waals surface area (Å²) in [6.07, 6.45) is 0. The molecule has 0 aliphatic heterocycles. The fourth-order valence-corrected chi connectivity index (χ4v) is 2.79. The minimum absolute atomic E-state index is 0.221. The molecule has 0 aromatic heterocycles. The van der Waals surface area contributed by atoms with Crippen LogP contribution in [0.3, 0.4) is 0 Å². The molecular formula is C13H7Br2F2NOS. The highest BCUT2D eigenvalue weighted by atomic mass is 79.9. The second kappa shape index (κ2) is 6.24. The van der Waals surface area contributed by atoms with Crippen LogP contribution in [0, 0.1) is 11.6 Å². The molecule has 0 fully saturated rings. The van der Waals surface area contributed by atoms with Gasteiger partial charge in [0.2, 0.25) is 0 Å². The van der Waals surface area contributed by atoms with Gasteiger partial charge in [-0.05, 0) is 30.3 Å². The van der Waals surface area contributed by atoms with E-state index in [1.54, 1.807) is 12.1 Å². The van der Waals surface area contributed by atoms with Gasteiger partial charge in [0, 0.05) is 13.8 Å². The Morgan fingerprint density at radius 3 is 2.20 bits per heavy atom. The Morgan fingerprint density at radius 1 is 1.05 bits per heavy atom. The lowest BCUT2D eigenvalue weighted by Crippen LogP contribution is -2.15. The highest BCUT2D eigenvalue weighted by Crippen LogP contribution is 2.26. The van der Waals surface area contributed by atoms with Gasteiger partial charge < -0.3 is 5.32 Å². The van der Waals surface area contributed by atoms with Crippen LogP contribution in [0.1, 0.15) is 10.4 Å². The van der Waals surface area contributed by atoms with E-state index in [9.17, 15) is 13.6 Å². The lowest BCUT2D eigenvalue weighted by molar-refractivity contribution is 0.102.